The molecule has 0 aliphatic carbocycles. The van der Waals surface area contributed by atoms with Gasteiger partial charge in [0.25, 0.3) is 0 Å². The first-order chi connectivity index (χ1) is 17.1. The van der Waals surface area contributed by atoms with E-state index in [9.17, 15) is 0 Å². The van der Waals surface area contributed by atoms with E-state index in [0.29, 0.717) is 0 Å². The lowest BCUT2D eigenvalue weighted by molar-refractivity contribution is -0.00000743. The standard InChI is InChI=1S/C25H22P.C3H6N6.ClH/c1-5-13-22(14-6-1)21-26(23-15-7-2-8-16-23,24-17-9-3-10-18-24)25-19-11-4-12-20-25;4-1-7-2(5)9-3(6)8-1;/h1-20H,21H2;(H6,4,5,6,7,8,9);1H/q+1;;/p-1. The fourth-order valence-electron chi connectivity index (χ4n) is 4.05. The quantitative estimate of drug-likeness (QED) is 0.299. The fourth-order valence-corrected chi connectivity index (χ4v) is 8.30. The zero-order valence-corrected chi connectivity index (χ0v) is 21.3. The number of benzene rings is 4. The highest BCUT2D eigenvalue weighted by molar-refractivity contribution is 7.95. The van der Waals surface area contributed by atoms with Gasteiger partial charge in [0.2, 0.25) is 17.8 Å². The average molecular weight is 515 g/mol. The lowest BCUT2D eigenvalue weighted by atomic mass is 10.2. The normalized spacial score (nSPS) is 10.4. The van der Waals surface area contributed by atoms with Crippen LogP contribution in [0.25, 0.3) is 0 Å². The molecule has 0 fully saturated rings. The molecular weight excluding hydrogens is 487 g/mol. The van der Waals surface area contributed by atoms with E-state index in [1.807, 2.05) is 0 Å². The van der Waals surface area contributed by atoms with Gasteiger partial charge in [0.15, 0.2) is 0 Å². The van der Waals surface area contributed by atoms with E-state index >= 15 is 0 Å². The smallest absolute Gasteiger partial charge is 0.226 e. The van der Waals surface area contributed by atoms with Gasteiger partial charge in [-0.25, -0.2) is 0 Å². The molecule has 1 heterocycles. The van der Waals surface area contributed by atoms with Crippen LogP contribution in [0.3, 0.4) is 0 Å². The Bertz CT molecular complexity index is 1190. The number of nitrogen functional groups attached to an aromatic ring is 3. The molecule has 8 heteroatoms. The summed E-state index contributed by atoms with van der Waals surface area (Å²) >= 11 is 0. The molecule has 0 spiro atoms. The summed E-state index contributed by atoms with van der Waals surface area (Å²) in [6.45, 7) is 0. The van der Waals surface area contributed by atoms with Crippen molar-refractivity contribution in [2.24, 2.45) is 0 Å². The summed E-state index contributed by atoms with van der Waals surface area (Å²) in [5, 5.41) is 4.30. The van der Waals surface area contributed by atoms with Crippen molar-refractivity contribution in [2.75, 3.05) is 17.2 Å². The van der Waals surface area contributed by atoms with Gasteiger partial charge < -0.3 is 29.6 Å². The molecule has 36 heavy (non-hydrogen) atoms. The van der Waals surface area contributed by atoms with Crippen molar-refractivity contribution in [1.29, 1.82) is 0 Å². The maximum Gasteiger partial charge on any atom is 0.226 e. The molecule has 0 aliphatic rings. The second kappa shape index (κ2) is 12.6. The molecule has 0 bridgehead atoms. The number of anilines is 3. The largest absolute Gasteiger partial charge is 1.00 e. The second-order valence-corrected chi connectivity index (χ2v) is 11.4. The predicted octanol–water partition coefficient (Wildman–Crippen LogP) is 0.803. The lowest BCUT2D eigenvalue weighted by Crippen LogP contribution is -3.00. The molecule has 1 aromatic heterocycles. The summed E-state index contributed by atoms with van der Waals surface area (Å²) in [7, 11) is -1.78. The summed E-state index contributed by atoms with van der Waals surface area (Å²) in [5.41, 5.74) is 16.8. The maximum absolute atomic E-state index is 5.14. The molecule has 5 aromatic rings. The minimum absolute atomic E-state index is 0. The van der Waals surface area contributed by atoms with Gasteiger partial charge in [0, 0.05) is 0 Å². The number of hydrogen-bond acceptors (Lipinski definition) is 6. The van der Waals surface area contributed by atoms with Gasteiger partial charge in [-0.2, -0.15) is 15.0 Å². The molecule has 182 valence electrons. The molecule has 0 atom stereocenters. The SMILES string of the molecule is Nc1nc(N)nc(N)n1.[Cl-].c1ccc(C[P+](c2ccccc2)(c2ccccc2)c2ccccc2)cc1. The number of aromatic nitrogens is 3. The van der Waals surface area contributed by atoms with Crippen LogP contribution in [0.2, 0.25) is 0 Å². The number of nitrogens with two attached hydrogens (primary N) is 3. The Hall–Kier alpha value is -3.99. The number of halogens is 1. The Labute approximate surface area is 218 Å². The van der Waals surface area contributed by atoms with Crippen LogP contribution in [0.15, 0.2) is 121 Å². The van der Waals surface area contributed by atoms with E-state index < -0.39 is 7.26 Å². The van der Waals surface area contributed by atoms with Crippen molar-refractivity contribution in [2.45, 2.75) is 6.16 Å². The Morgan fingerprint density at radius 2 is 0.722 bits per heavy atom. The van der Waals surface area contributed by atoms with Crippen LogP contribution in [-0.4, -0.2) is 15.0 Å². The average Bonchev–Trinajstić information content (AvgIpc) is 2.89. The third-order valence-electron chi connectivity index (χ3n) is 5.54. The highest BCUT2D eigenvalue weighted by Crippen LogP contribution is 2.58. The van der Waals surface area contributed by atoms with E-state index in [1.165, 1.54) is 21.5 Å². The highest BCUT2D eigenvalue weighted by Gasteiger charge is 2.45. The number of hydrogen-bond donors (Lipinski definition) is 3. The van der Waals surface area contributed by atoms with E-state index in [2.05, 4.69) is 136 Å². The molecule has 0 saturated heterocycles. The molecule has 6 N–H and O–H groups in total. The van der Waals surface area contributed by atoms with E-state index in [0.717, 1.165) is 6.16 Å². The van der Waals surface area contributed by atoms with Gasteiger partial charge in [-0.15, -0.1) is 0 Å². The van der Waals surface area contributed by atoms with Crippen LogP contribution < -0.4 is 45.5 Å². The summed E-state index contributed by atoms with van der Waals surface area (Å²) in [4.78, 5) is 10.5. The van der Waals surface area contributed by atoms with Crippen LogP contribution in [0.4, 0.5) is 17.8 Å². The van der Waals surface area contributed by atoms with Gasteiger partial charge >= 0.3 is 0 Å². The molecule has 0 aliphatic heterocycles. The zero-order chi connectivity index (χ0) is 24.5. The minimum Gasteiger partial charge on any atom is -1.00 e. The topological polar surface area (TPSA) is 117 Å². The summed E-state index contributed by atoms with van der Waals surface area (Å²) in [6.07, 6.45) is 1.03. The first-order valence-electron chi connectivity index (χ1n) is 11.2. The van der Waals surface area contributed by atoms with Crippen molar-refractivity contribution >= 4 is 41.0 Å². The van der Waals surface area contributed by atoms with E-state index in [-0.39, 0.29) is 30.3 Å². The van der Waals surface area contributed by atoms with Crippen LogP contribution in [0, 0.1) is 0 Å². The first kappa shape index (κ1) is 26.6. The molecule has 4 aromatic carbocycles. The van der Waals surface area contributed by atoms with Crippen LogP contribution in [-0.2, 0) is 6.16 Å². The Morgan fingerprint density at radius 1 is 0.444 bits per heavy atom. The van der Waals surface area contributed by atoms with Crippen molar-refractivity contribution < 1.29 is 12.4 Å². The van der Waals surface area contributed by atoms with Crippen molar-refractivity contribution in [1.82, 2.24) is 15.0 Å². The fraction of sp³-hybridized carbons (Fsp3) is 0.0357. The van der Waals surface area contributed by atoms with Crippen LogP contribution >= 0.6 is 7.26 Å². The second-order valence-electron chi connectivity index (χ2n) is 7.87. The van der Waals surface area contributed by atoms with Crippen molar-refractivity contribution in [3.05, 3.63) is 127 Å². The Kier molecular flexibility index (Phi) is 9.34. The third kappa shape index (κ3) is 6.36. The van der Waals surface area contributed by atoms with Crippen LogP contribution in [0.1, 0.15) is 5.56 Å². The molecule has 0 unspecified atom stereocenters. The molecule has 6 nitrogen and oxygen atoms in total. The van der Waals surface area contributed by atoms with Gasteiger partial charge in [0.1, 0.15) is 23.2 Å². The maximum atomic E-state index is 5.14. The van der Waals surface area contributed by atoms with E-state index in [4.69, 9.17) is 17.2 Å². The Morgan fingerprint density at radius 3 is 1.03 bits per heavy atom. The van der Waals surface area contributed by atoms with Gasteiger partial charge in [-0.05, 0) is 42.0 Å². The zero-order valence-electron chi connectivity index (χ0n) is 19.7. The lowest BCUT2D eigenvalue weighted by Gasteiger charge is -2.27. The van der Waals surface area contributed by atoms with Gasteiger partial charge in [-0.1, -0.05) is 84.9 Å². The van der Waals surface area contributed by atoms with Crippen molar-refractivity contribution in [3.63, 3.8) is 0 Å². The van der Waals surface area contributed by atoms with Crippen molar-refractivity contribution in [3.8, 4) is 0 Å². The molecule has 5 rings (SSSR count). The Balaban J connectivity index is 0.000000307. The molecule has 0 radical (unpaired) electrons. The highest BCUT2D eigenvalue weighted by atomic mass is 35.5. The van der Waals surface area contributed by atoms with Gasteiger partial charge in [0.05, 0.1) is 6.16 Å². The summed E-state index contributed by atoms with van der Waals surface area (Å²) < 4.78 is 0. The van der Waals surface area contributed by atoms with Gasteiger partial charge in [-0.3, -0.25) is 0 Å². The molecular formula is C28H28ClN6P. The minimum atomic E-state index is -1.78. The monoisotopic (exact) mass is 514 g/mol. The summed E-state index contributed by atoms with van der Waals surface area (Å²) in [5.74, 6) is 0.125. The molecule has 0 saturated carbocycles. The summed E-state index contributed by atoms with van der Waals surface area (Å²) in [6, 6.07) is 44.0. The number of rotatable bonds is 5. The predicted molar refractivity (Wildman–Crippen MR) is 148 cm³/mol. The first-order valence-corrected chi connectivity index (χ1v) is 13.2. The third-order valence-corrected chi connectivity index (χ3v) is 9.92. The van der Waals surface area contributed by atoms with E-state index in [1.54, 1.807) is 0 Å². The molecule has 0 amide bonds. The number of nitrogens with zero attached hydrogens (tertiary/aromatic N) is 3. The van der Waals surface area contributed by atoms with Crippen LogP contribution in [0.5, 0.6) is 0 Å².